The van der Waals surface area contributed by atoms with E-state index in [0.717, 1.165) is 6.92 Å². The summed E-state index contributed by atoms with van der Waals surface area (Å²) in [6.45, 7) is 4.52. The normalized spacial score (nSPS) is 16.1. The number of amides is 3. The third-order valence-corrected chi connectivity index (χ3v) is 4.26. The number of nitrogens with two attached hydrogens (primary N) is 1. The molecule has 3 amide bonds. The number of carbonyl (C=O) groups excluding carboxylic acids is 3. The monoisotopic (exact) mass is 436 g/mol. The van der Waals surface area contributed by atoms with Gasteiger partial charge in [0.25, 0.3) is 0 Å². The maximum Gasteiger partial charge on any atom is 0.328 e. The number of carboxylic acids is 2. The smallest absolute Gasteiger partial charge is 0.328 e. The summed E-state index contributed by atoms with van der Waals surface area (Å²) in [6, 6.07) is -5.48. The molecule has 0 rings (SSSR count). The molecule has 0 aliphatic carbocycles. The molecule has 166 valence electrons. The molecule has 0 aromatic rings. The number of hydrogen-bond acceptors (Lipinski definition) is 8. The molecule has 13 heteroatoms. The lowest BCUT2D eigenvalue weighted by Crippen LogP contribution is -2.59. The van der Waals surface area contributed by atoms with Crippen molar-refractivity contribution in [3.8, 4) is 0 Å². The fraction of sp³-hybridized carbons (Fsp3) is 0.688. The van der Waals surface area contributed by atoms with Gasteiger partial charge in [-0.15, -0.1) is 0 Å². The molecule has 0 aromatic heterocycles. The standard InChI is InChI=1S/C16H28N4O8S/c1-6(2)11(17)15(26)19-9(5-29)14(25)18-8(4-10(22)23)13(24)20-12(7(3)21)16(27)28/h6-9,11-12,21,29H,4-5,17H2,1-3H3,(H,18,25)(H,19,26)(H,20,24)(H,22,23)(H,27,28). The van der Waals surface area contributed by atoms with Gasteiger partial charge >= 0.3 is 11.9 Å². The van der Waals surface area contributed by atoms with E-state index in [2.05, 4.69) is 23.3 Å². The van der Waals surface area contributed by atoms with E-state index in [-0.39, 0.29) is 11.7 Å². The molecule has 29 heavy (non-hydrogen) atoms. The van der Waals surface area contributed by atoms with Gasteiger partial charge in [-0.3, -0.25) is 19.2 Å². The topological polar surface area (TPSA) is 208 Å². The molecule has 0 spiro atoms. The first-order valence-electron chi connectivity index (χ1n) is 8.72. The van der Waals surface area contributed by atoms with Crippen molar-refractivity contribution in [3.05, 3.63) is 0 Å². The summed E-state index contributed by atoms with van der Waals surface area (Å²) >= 11 is 3.96. The quantitative estimate of drug-likeness (QED) is 0.149. The van der Waals surface area contributed by atoms with Crippen LogP contribution in [0.5, 0.6) is 0 Å². The second-order valence-corrected chi connectivity index (χ2v) is 7.10. The number of thiol groups is 1. The highest BCUT2D eigenvalue weighted by Gasteiger charge is 2.32. The Labute approximate surface area is 173 Å². The Bertz CT molecular complexity index is 628. The number of aliphatic hydroxyl groups is 1. The van der Waals surface area contributed by atoms with E-state index < -0.39 is 66.4 Å². The third kappa shape index (κ3) is 9.11. The number of hydrogen-bond donors (Lipinski definition) is 8. The first-order valence-corrected chi connectivity index (χ1v) is 9.35. The zero-order valence-corrected chi connectivity index (χ0v) is 17.2. The van der Waals surface area contributed by atoms with Gasteiger partial charge in [0.2, 0.25) is 17.7 Å². The van der Waals surface area contributed by atoms with E-state index in [1.54, 1.807) is 13.8 Å². The van der Waals surface area contributed by atoms with Crippen molar-refractivity contribution in [2.24, 2.45) is 11.7 Å². The van der Waals surface area contributed by atoms with Crippen LogP contribution in [0.1, 0.15) is 27.2 Å². The van der Waals surface area contributed by atoms with Crippen molar-refractivity contribution in [2.75, 3.05) is 5.75 Å². The van der Waals surface area contributed by atoms with E-state index in [1.165, 1.54) is 0 Å². The van der Waals surface area contributed by atoms with Gasteiger partial charge in [-0.1, -0.05) is 13.8 Å². The van der Waals surface area contributed by atoms with Gasteiger partial charge in [-0.2, -0.15) is 12.6 Å². The largest absolute Gasteiger partial charge is 0.481 e. The van der Waals surface area contributed by atoms with Crippen LogP contribution in [-0.4, -0.2) is 81.0 Å². The van der Waals surface area contributed by atoms with Crippen molar-refractivity contribution in [1.29, 1.82) is 0 Å². The van der Waals surface area contributed by atoms with Crippen LogP contribution in [0.15, 0.2) is 0 Å². The number of carbonyl (C=O) groups is 5. The maximum absolute atomic E-state index is 12.4. The van der Waals surface area contributed by atoms with Crippen LogP contribution in [0.25, 0.3) is 0 Å². The Balaban J connectivity index is 5.30. The summed E-state index contributed by atoms with van der Waals surface area (Å²) in [6.07, 6.45) is -2.33. The number of aliphatic carboxylic acids is 2. The van der Waals surface area contributed by atoms with Crippen molar-refractivity contribution in [3.63, 3.8) is 0 Å². The molecule has 0 fully saturated rings. The summed E-state index contributed by atoms with van der Waals surface area (Å²) < 4.78 is 0. The summed E-state index contributed by atoms with van der Waals surface area (Å²) in [5, 5.41) is 33.9. The van der Waals surface area contributed by atoms with Gasteiger partial charge in [0.05, 0.1) is 18.6 Å². The Hall–Kier alpha value is -2.38. The van der Waals surface area contributed by atoms with E-state index in [1.807, 2.05) is 5.32 Å². The van der Waals surface area contributed by atoms with Crippen molar-refractivity contribution in [2.45, 2.75) is 57.5 Å². The molecule has 5 atom stereocenters. The van der Waals surface area contributed by atoms with Gasteiger partial charge in [0.1, 0.15) is 12.1 Å². The summed E-state index contributed by atoms with van der Waals surface area (Å²) in [7, 11) is 0. The minimum Gasteiger partial charge on any atom is -0.481 e. The molecule has 12 nitrogen and oxygen atoms in total. The van der Waals surface area contributed by atoms with E-state index in [9.17, 15) is 29.1 Å². The molecule has 0 aliphatic rings. The van der Waals surface area contributed by atoms with Crippen LogP contribution >= 0.6 is 12.6 Å². The fourth-order valence-corrected chi connectivity index (χ4v) is 2.32. The third-order valence-electron chi connectivity index (χ3n) is 3.89. The number of carboxylic acid groups (broad SMARTS) is 2. The zero-order valence-electron chi connectivity index (χ0n) is 16.3. The number of nitrogens with one attached hydrogen (secondary N) is 3. The molecule has 0 bridgehead atoms. The molecule has 5 unspecified atom stereocenters. The number of aliphatic hydroxyl groups excluding tert-OH is 1. The van der Waals surface area contributed by atoms with Gasteiger partial charge in [-0.05, 0) is 12.8 Å². The van der Waals surface area contributed by atoms with E-state index in [4.69, 9.17) is 15.9 Å². The van der Waals surface area contributed by atoms with Crippen LogP contribution in [0, 0.1) is 5.92 Å². The Morgan fingerprint density at radius 3 is 1.76 bits per heavy atom. The van der Waals surface area contributed by atoms with Crippen LogP contribution in [-0.2, 0) is 24.0 Å². The predicted molar refractivity (Wildman–Crippen MR) is 104 cm³/mol. The molecule has 0 radical (unpaired) electrons. The number of rotatable bonds is 12. The van der Waals surface area contributed by atoms with Gasteiger partial charge in [0, 0.05) is 5.75 Å². The van der Waals surface area contributed by atoms with Gasteiger partial charge < -0.3 is 37.0 Å². The summed E-state index contributed by atoms with van der Waals surface area (Å²) in [5.74, 6) is -6.03. The molecular formula is C16H28N4O8S. The van der Waals surface area contributed by atoms with Crippen molar-refractivity contribution in [1.82, 2.24) is 16.0 Å². The first-order chi connectivity index (χ1) is 13.3. The molecule has 0 aromatic carbocycles. The lowest BCUT2D eigenvalue weighted by Gasteiger charge is -2.25. The minimum absolute atomic E-state index is 0.171. The van der Waals surface area contributed by atoms with Gasteiger partial charge in [0.15, 0.2) is 6.04 Å². The second kappa shape index (κ2) is 12.2. The van der Waals surface area contributed by atoms with Crippen LogP contribution in [0.2, 0.25) is 0 Å². The summed E-state index contributed by atoms with van der Waals surface area (Å²) in [4.78, 5) is 58.8. The minimum atomic E-state index is -1.71. The highest BCUT2D eigenvalue weighted by atomic mass is 32.1. The van der Waals surface area contributed by atoms with E-state index in [0.29, 0.717) is 0 Å². The fourth-order valence-electron chi connectivity index (χ4n) is 2.06. The van der Waals surface area contributed by atoms with Crippen molar-refractivity contribution >= 4 is 42.3 Å². The Morgan fingerprint density at radius 1 is 0.897 bits per heavy atom. The Kier molecular flexibility index (Phi) is 11.2. The van der Waals surface area contributed by atoms with E-state index >= 15 is 0 Å². The average Bonchev–Trinajstić information content (AvgIpc) is 2.61. The van der Waals surface area contributed by atoms with Gasteiger partial charge in [-0.25, -0.2) is 4.79 Å². The SMILES string of the molecule is CC(C)C(N)C(=O)NC(CS)C(=O)NC(CC(=O)O)C(=O)NC(C(=O)O)C(C)O. The lowest BCUT2D eigenvalue weighted by atomic mass is 10.0. The zero-order chi connectivity index (χ0) is 22.9. The Morgan fingerprint density at radius 2 is 1.38 bits per heavy atom. The second-order valence-electron chi connectivity index (χ2n) is 6.74. The maximum atomic E-state index is 12.4. The molecule has 8 N–H and O–H groups in total. The molecule has 0 saturated heterocycles. The molecular weight excluding hydrogens is 408 g/mol. The molecule has 0 aliphatic heterocycles. The highest BCUT2D eigenvalue weighted by molar-refractivity contribution is 7.80. The lowest BCUT2D eigenvalue weighted by molar-refractivity contribution is -0.146. The van der Waals surface area contributed by atoms with Crippen molar-refractivity contribution < 1.29 is 39.3 Å². The predicted octanol–water partition coefficient (Wildman–Crippen LogP) is -2.71. The van der Waals surface area contributed by atoms with Crippen LogP contribution in [0.3, 0.4) is 0 Å². The average molecular weight is 436 g/mol. The first kappa shape index (κ1) is 26.6. The molecule has 0 saturated carbocycles. The van der Waals surface area contributed by atoms with Crippen LogP contribution < -0.4 is 21.7 Å². The highest BCUT2D eigenvalue weighted by Crippen LogP contribution is 2.02. The molecule has 0 heterocycles. The van der Waals surface area contributed by atoms with Crippen LogP contribution in [0.4, 0.5) is 0 Å². The summed E-state index contributed by atoms with van der Waals surface area (Å²) in [5.41, 5.74) is 5.70.